The molecule has 2 N–H and O–H groups in total. The second kappa shape index (κ2) is 10.1. The Kier molecular flexibility index (Phi) is 8.15. The molecule has 26 heavy (non-hydrogen) atoms. The maximum absolute atomic E-state index is 6.22. The summed E-state index contributed by atoms with van der Waals surface area (Å²) in [7, 11) is 3.49. The van der Waals surface area contributed by atoms with E-state index in [9.17, 15) is 0 Å². The highest BCUT2D eigenvalue weighted by molar-refractivity contribution is 6.30. The molecule has 6 nitrogen and oxygen atoms in total. The maximum atomic E-state index is 6.22. The number of ether oxygens (including phenoxy) is 2. The molecule has 1 unspecified atom stereocenters. The highest BCUT2D eigenvalue weighted by Gasteiger charge is 2.23. The van der Waals surface area contributed by atoms with Gasteiger partial charge in [0.25, 0.3) is 0 Å². The smallest absolute Gasteiger partial charge is 0.191 e. The SMILES string of the molecule is CN=C(NCC(c1cccc(Cl)c1)N1CCOCC1)NCC(C)(C)OC. The van der Waals surface area contributed by atoms with Crippen LogP contribution in [0.15, 0.2) is 29.3 Å². The summed E-state index contributed by atoms with van der Waals surface area (Å²) < 4.78 is 11.0. The Morgan fingerprint density at radius 3 is 2.69 bits per heavy atom. The maximum Gasteiger partial charge on any atom is 0.191 e. The first-order valence-electron chi connectivity index (χ1n) is 9.02. The molecule has 0 saturated carbocycles. The first-order chi connectivity index (χ1) is 12.4. The predicted octanol–water partition coefficient (Wildman–Crippen LogP) is 2.30. The number of benzene rings is 1. The van der Waals surface area contributed by atoms with Gasteiger partial charge in [-0.15, -0.1) is 0 Å². The van der Waals surface area contributed by atoms with E-state index in [1.165, 1.54) is 5.56 Å². The van der Waals surface area contributed by atoms with Crippen LogP contribution in [0.25, 0.3) is 0 Å². The van der Waals surface area contributed by atoms with Crippen LogP contribution in [0.4, 0.5) is 0 Å². The molecule has 1 atom stereocenters. The number of guanidine groups is 1. The number of methoxy groups -OCH3 is 1. The summed E-state index contributed by atoms with van der Waals surface area (Å²) in [4.78, 5) is 6.75. The molecule has 1 aromatic carbocycles. The van der Waals surface area contributed by atoms with Crippen molar-refractivity contribution in [3.63, 3.8) is 0 Å². The van der Waals surface area contributed by atoms with Crippen LogP contribution in [-0.4, -0.2) is 70.0 Å². The molecule has 1 fully saturated rings. The van der Waals surface area contributed by atoms with Gasteiger partial charge in [-0.1, -0.05) is 23.7 Å². The fourth-order valence-electron chi connectivity index (χ4n) is 2.84. The Bertz CT molecular complexity index is 589. The first-order valence-corrected chi connectivity index (χ1v) is 9.40. The minimum atomic E-state index is -0.256. The molecule has 1 aliphatic rings. The van der Waals surface area contributed by atoms with Crippen molar-refractivity contribution in [1.29, 1.82) is 0 Å². The third kappa shape index (κ3) is 6.43. The molecule has 0 bridgehead atoms. The Morgan fingerprint density at radius 1 is 1.35 bits per heavy atom. The molecule has 1 saturated heterocycles. The lowest BCUT2D eigenvalue weighted by molar-refractivity contribution is 0.0167. The van der Waals surface area contributed by atoms with Gasteiger partial charge in [0.05, 0.1) is 24.9 Å². The largest absolute Gasteiger partial charge is 0.379 e. The van der Waals surface area contributed by atoms with Crippen LogP contribution in [0.1, 0.15) is 25.5 Å². The van der Waals surface area contributed by atoms with Crippen molar-refractivity contribution in [3.8, 4) is 0 Å². The second-order valence-corrected chi connectivity index (χ2v) is 7.43. The van der Waals surface area contributed by atoms with Crippen LogP contribution >= 0.6 is 11.6 Å². The van der Waals surface area contributed by atoms with Crippen molar-refractivity contribution in [2.45, 2.75) is 25.5 Å². The molecule has 1 aromatic rings. The molecule has 7 heteroatoms. The van der Waals surface area contributed by atoms with E-state index in [0.717, 1.165) is 43.8 Å². The molecule has 2 rings (SSSR count). The summed E-state index contributed by atoms with van der Waals surface area (Å²) in [5.74, 6) is 0.760. The van der Waals surface area contributed by atoms with Crippen molar-refractivity contribution in [3.05, 3.63) is 34.9 Å². The average Bonchev–Trinajstić information content (AvgIpc) is 2.65. The lowest BCUT2D eigenvalue weighted by Gasteiger charge is -2.35. The zero-order valence-electron chi connectivity index (χ0n) is 16.2. The van der Waals surface area contributed by atoms with Crippen LogP contribution in [0.5, 0.6) is 0 Å². The van der Waals surface area contributed by atoms with Gasteiger partial charge in [-0.3, -0.25) is 9.89 Å². The van der Waals surface area contributed by atoms with E-state index < -0.39 is 0 Å². The van der Waals surface area contributed by atoms with Gasteiger partial charge in [0.1, 0.15) is 0 Å². The van der Waals surface area contributed by atoms with Gasteiger partial charge in [-0.2, -0.15) is 0 Å². The van der Waals surface area contributed by atoms with Crippen LogP contribution in [0.2, 0.25) is 5.02 Å². The van der Waals surface area contributed by atoms with Crippen LogP contribution in [-0.2, 0) is 9.47 Å². The van der Waals surface area contributed by atoms with E-state index in [2.05, 4.69) is 26.6 Å². The standard InChI is InChI=1S/C19H31ClN4O2/c1-19(2,25-4)14-23-18(21-3)22-13-17(24-8-10-26-11-9-24)15-6-5-7-16(20)12-15/h5-7,12,17H,8-11,13-14H2,1-4H3,(H2,21,22,23). The molecule has 1 aliphatic heterocycles. The minimum Gasteiger partial charge on any atom is -0.379 e. The number of nitrogens with one attached hydrogen (secondary N) is 2. The number of nitrogens with zero attached hydrogens (tertiary/aromatic N) is 2. The topological polar surface area (TPSA) is 58.1 Å². The lowest BCUT2D eigenvalue weighted by atomic mass is 10.0. The number of morpholine rings is 1. The Labute approximate surface area is 161 Å². The molecular formula is C19H31ClN4O2. The monoisotopic (exact) mass is 382 g/mol. The van der Waals surface area contributed by atoms with Gasteiger partial charge in [-0.25, -0.2) is 0 Å². The molecule has 1 heterocycles. The predicted molar refractivity (Wildman–Crippen MR) is 107 cm³/mol. The zero-order chi connectivity index (χ0) is 19.0. The van der Waals surface area contributed by atoms with Gasteiger partial charge < -0.3 is 20.1 Å². The minimum absolute atomic E-state index is 0.201. The zero-order valence-corrected chi connectivity index (χ0v) is 17.0. The number of aliphatic imine (C=N–C) groups is 1. The van der Waals surface area contributed by atoms with Crippen LogP contribution < -0.4 is 10.6 Å². The average molecular weight is 383 g/mol. The van der Waals surface area contributed by atoms with E-state index in [0.29, 0.717) is 6.54 Å². The van der Waals surface area contributed by atoms with E-state index >= 15 is 0 Å². The first kappa shape index (κ1) is 21.0. The van der Waals surface area contributed by atoms with Gasteiger partial charge in [-0.05, 0) is 31.5 Å². The van der Waals surface area contributed by atoms with Gasteiger partial charge >= 0.3 is 0 Å². The van der Waals surface area contributed by atoms with Crippen molar-refractivity contribution in [2.75, 3.05) is 53.6 Å². The lowest BCUT2D eigenvalue weighted by Crippen LogP contribution is -2.48. The Balaban J connectivity index is 2.03. The highest BCUT2D eigenvalue weighted by atomic mass is 35.5. The van der Waals surface area contributed by atoms with Crippen molar-refractivity contribution >= 4 is 17.6 Å². The van der Waals surface area contributed by atoms with E-state index in [-0.39, 0.29) is 11.6 Å². The third-order valence-electron chi connectivity index (χ3n) is 4.64. The van der Waals surface area contributed by atoms with Crippen molar-refractivity contribution in [1.82, 2.24) is 15.5 Å². The summed E-state index contributed by atoms with van der Waals surface area (Å²) >= 11 is 6.22. The van der Waals surface area contributed by atoms with E-state index in [1.54, 1.807) is 14.2 Å². The fraction of sp³-hybridized carbons (Fsp3) is 0.632. The van der Waals surface area contributed by atoms with Gasteiger partial charge in [0.2, 0.25) is 0 Å². The highest BCUT2D eigenvalue weighted by Crippen LogP contribution is 2.23. The fourth-order valence-corrected chi connectivity index (χ4v) is 3.04. The summed E-state index contributed by atoms with van der Waals surface area (Å²) in [5, 5.41) is 7.52. The normalized spacial score (nSPS) is 17.8. The van der Waals surface area contributed by atoms with E-state index in [4.69, 9.17) is 21.1 Å². The van der Waals surface area contributed by atoms with Gasteiger partial charge in [0.15, 0.2) is 5.96 Å². The Morgan fingerprint density at radius 2 is 2.08 bits per heavy atom. The summed E-state index contributed by atoms with van der Waals surface area (Å²) in [6.07, 6.45) is 0. The third-order valence-corrected chi connectivity index (χ3v) is 4.88. The molecule has 0 spiro atoms. The molecule has 146 valence electrons. The molecule has 0 radical (unpaired) electrons. The molecule has 0 aliphatic carbocycles. The molecule has 0 amide bonds. The summed E-state index contributed by atoms with van der Waals surface area (Å²) in [6, 6.07) is 8.26. The number of halogens is 1. The molecular weight excluding hydrogens is 352 g/mol. The van der Waals surface area contributed by atoms with Crippen molar-refractivity contribution < 1.29 is 9.47 Å². The Hall–Kier alpha value is -1.34. The van der Waals surface area contributed by atoms with Gasteiger partial charge in [0, 0.05) is 45.4 Å². The van der Waals surface area contributed by atoms with E-state index in [1.807, 2.05) is 32.0 Å². The van der Waals surface area contributed by atoms with Crippen LogP contribution in [0.3, 0.4) is 0 Å². The molecule has 0 aromatic heterocycles. The number of hydrogen-bond donors (Lipinski definition) is 2. The second-order valence-electron chi connectivity index (χ2n) is 6.99. The van der Waals surface area contributed by atoms with Crippen LogP contribution in [0, 0.1) is 0 Å². The summed E-state index contributed by atoms with van der Waals surface area (Å²) in [6.45, 7) is 8.79. The quantitative estimate of drug-likeness (QED) is 0.559. The number of rotatable bonds is 7. The summed E-state index contributed by atoms with van der Waals surface area (Å²) in [5.41, 5.74) is 0.938. The van der Waals surface area contributed by atoms with Crippen molar-refractivity contribution in [2.24, 2.45) is 4.99 Å². The number of hydrogen-bond acceptors (Lipinski definition) is 4.